The highest BCUT2D eigenvalue weighted by Gasteiger charge is 2.31. The third kappa shape index (κ3) is 4.38. The summed E-state index contributed by atoms with van der Waals surface area (Å²) in [7, 11) is 0. The lowest BCUT2D eigenvalue weighted by Gasteiger charge is -2.39. The lowest BCUT2D eigenvalue weighted by Crippen LogP contribution is -2.53. The lowest BCUT2D eigenvalue weighted by molar-refractivity contribution is -0.138. The smallest absolute Gasteiger partial charge is 0.253 e. The first-order valence-corrected chi connectivity index (χ1v) is 9.15. The number of β-amino-alcohol motifs (C(OH)–C–C–N with tert-alkyl or cyclic N) is 1. The van der Waals surface area contributed by atoms with Gasteiger partial charge in [0.1, 0.15) is 0 Å². The Hall–Kier alpha value is -1.92. The van der Waals surface area contributed by atoms with E-state index in [-0.39, 0.29) is 24.3 Å². The Balaban J connectivity index is 1.51. The number of aliphatic hydroxyl groups excluding tert-OH is 1. The van der Waals surface area contributed by atoms with Crippen molar-refractivity contribution in [2.24, 2.45) is 5.92 Å². The number of carbonyl (C=O) groups is 2. The molecule has 6 nitrogen and oxygen atoms in total. The van der Waals surface area contributed by atoms with Crippen LogP contribution in [0.15, 0.2) is 30.3 Å². The van der Waals surface area contributed by atoms with Gasteiger partial charge in [-0.1, -0.05) is 18.2 Å². The molecule has 0 saturated carbocycles. The third-order valence-corrected chi connectivity index (χ3v) is 5.17. The number of carbonyl (C=O) groups excluding carboxylic acids is 2. The molecule has 1 atom stereocenters. The molecule has 0 unspecified atom stereocenters. The Kier molecular flexibility index (Phi) is 6.04. The molecule has 0 spiro atoms. The minimum atomic E-state index is 0.0247. The predicted octanol–water partition coefficient (Wildman–Crippen LogP) is 0.675. The number of aliphatic hydroxyl groups is 1. The standard InChI is InChI=1S/C19H27N3O3/c23-14-13-20-8-4-7-17(15-20)19(25)22-11-9-21(10-12-22)18(24)16-5-2-1-3-6-16/h1-3,5-6,17,23H,4,7-15H2/t17-/m0/s1. The van der Waals surface area contributed by atoms with Crippen molar-refractivity contribution in [2.45, 2.75) is 12.8 Å². The normalized spacial score (nSPS) is 22.0. The van der Waals surface area contributed by atoms with Crippen LogP contribution in [0, 0.1) is 5.92 Å². The summed E-state index contributed by atoms with van der Waals surface area (Å²) in [6.45, 7) is 4.87. The van der Waals surface area contributed by atoms with Gasteiger partial charge in [0.25, 0.3) is 5.91 Å². The first kappa shape index (κ1) is 17.9. The summed E-state index contributed by atoms with van der Waals surface area (Å²) >= 11 is 0. The van der Waals surface area contributed by atoms with Crippen molar-refractivity contribution in [3.63, 3.8) is 0 Å². The zero-order chi connectivity index (χ0) is 17.6. The molecule has 6 heteroatoms. The largest absolute Gasteiger partial charge is 0.395 e. The van der Waals surface area contributed by atoms with Gasteiger partial charge in [-0.05, 0) is 31.5 Å². The van der Waals surface area contributed by atoms with Gasteiger partial charge in [-0.15, -0.1) is 0 Å². The summed E-state index contributed by atoms with van der Waals surface area (Å²) in [6.07, 6.45) is 1.92. The van der Waals surface area contributed by atoms with E-state index in [0.29, 0.717) is 38.3 Å². The monoisotopic (exact) mass is 345 g/mol. The van der Waals surface area contributed by atoms with Crippen LogP contribution in [0.2, 0.25) is 0 Å². The van der Waals surface area contributed by atoms with Gasteiger partial charge in [0.15, 0.2) is 0 Å². The van der Waals surface area contributed by atoms with Crippen molar-refractivity contribution >= 4 is 11.8 Å². The Labute approximate surface area is 149 Å². The molecule has 2 heterocycles. The maximum Gasteiger partial charge on any atom is 0.253 e. The molecule has 0 aromatic heterocycles. The van der Waals surface area contributed by atoms with Gasteiger partial charge in [0, 0.05) is 44.8 Å². The van der Waals surface area contributed by atoms with E-state index < -0.39 is 0 Å². The highest BCUT2D eigenvalue weighted by atomic mass is 16.3. The van der Waals surface area contributed by atoms with Crippen LogP contribution in [0.25, 0.3) is 0 Å². The second kappa shape index (κ2) is 8.45. The average Bonchev–Trinajstić information content (AvgIpc) is 2.68. The molecule has 1 aromatic rings. The molecule has 3 rings (SSSR count). The van der Waals surface area contributed by atoms with Crippen LogP contribution in [0.1, 0.15) is 23.2 Å². The SMILES string of the molecule is O=C(c1ccccc1)N1CCN(C(=O)[C@H]2CCCN(CCO)C2)CC1. The quantitative estimate of drug-likeness (QED) is 0.871. The highest BCUT2D eigenvalue weighted by molar-refractivity contribution is 5.94. The van der Waals surface area contributed by atoms with Gasteiger partial charge in [-0.25, -0.2) is 0 Å². The lowest BCUT2D eigenvalue weighted by atomic mass is 9.96. The summed E-state index contributed by atoms with van der Waals surface area (Å²) in [4.78, 5) is 31.2. The molecule has 2 aliphatic heterocycles. The molecule has 2 aliphatic rings. The van der Waals surface area contributed by atoms with E-state index in [1.165, 1.54) is 0 Å². The fourth-order valence-corrected chi connectivity index (χ4v) is 3.75. The molecule has 2 saturated heterocycles. The van der Waals surface area contributed by atoms with Crippen LogP contribution in [0.3, 0.4) is 0 Å². The van der Waals surface area contributed by atoms with E-state index in [4.69, 9.17) is 5.11 Å². The second-order valence-corrected chi connectivity index (χ2v) is 6.85. The fraction of sp³-hybridized carbons (Fsp3) is 0.579. The molecule has 2 amide bonds. The molecular weight excluding hydrogens is 318 g/mol. The zero-order valence-electron chi connectivity index (χ0n) is 14.6. The molecule has 1 aromatic carbocycles. The average molecular weight is 345 g/mol. The van der Waals surface area contributed by atoms with E-state index in [2.05, 4.69) is 4.90 Å². The topological polar surface area (TPSA) is 64.1 Å². The van der Waals surface area contributed by atoms with Crippen LogP contribution in [0.5, 0.6) is 0 Å². The van der Waals surface area contributed by atoms with Crippen molar-refractivity contribution in [3.8, 4) is 0 Å². The predicted molar refractivity (Wildman–Crippen MR) is 95.2 cm³/mol. The highest BCUT2D eigenvalue weighted by Crippen LogP contribution is 2.20. The third-order valence-electron chi connectivity index (χ3n) is 5.17. The van der Waals surface area contributed by atoms with Crippen LogP contribution in [0.4, 0.5) is 0 Å². The molecule has 0 aliphatic carbocycles. The fourth-order valence-electron chi connectivity index (χ4n) is 3.75. The summed E-state index contributed by atoms with van der Waals surface area (Å²) < 4.78 is 0. The first-order chi connectivity index (χ1) is 12.2. The van der Waals surface area contributed by atoms with Crippen LogP contribution >= 0.6 is 0 Å². The summed E-state index contributed by atoms with van der Waals surface area (Å²) in [5, 5.41) is 9.09. The van der Waals surface area contributed by atoms with Crippen molar-refractivity contribution < 1.29 is 14.7 Å². The number of benzene rings is 1. The molecule has 0 radical (unpaired) electrons. The van der Waals surface area contributed by atoms with Crippen LogP contribution < -0.4 is 0 Å². The number of rotatable bonds is 4. The van der Waals surface area contributed by atoms with Gasteiger partial charge in [-0.2, -0.15) is 0 Å². The maximum absolute atomic E-state index is 12.8. The number of piperazine rings is 1. The summed E-state index contributed by atoms with van der Waals surface area (Å²) in [5.74, 6) is 0.269. The van der Waals surface area contributed by atoms with E-state index in [1.807, 2.05) is 40.1 Å². The summed E-state index contributed by atoms with van der Waals surface area (Å²) in [5.41, 5.74) is 0.703. The van der Waals surface area contributed by atoms with Crippen LogP contribution in [-0.2, 0) is 4.79 Å². The van der Waals surface area contributed by atoms with E-state index in [0.717, 1.165) is 25.9 Å². The molecule has 25 heavy (non-hydrogen) atoms. The minimum absolute atomic E-state index is 0.0247. The van der Waals surface area contributed by atoms with Gasteiger partial charge in [0.05, 0.1) is 12.5 Å². The Morgan fingerprint density at radius 3 is 2.36 bits per heavy atom. The Morgan fingerprint density at radius 2 is 1.68 bits per heavy atom. The van der Waals surface area contributed by atoms with Crippen LogP contribution in [-0.4, -0.2) is 84.0 Å². The zero-order valence-corrected chi connectivity index (χ0v) is 14.6. The van der Waals surface area contributed by atoms with Crippen molar-refractivity contribution in [1.29, 1.82) is 0 Å². The van der Waals surface area contributed by atoms with Gasteiger partial charge in [0.2, 0.25) is 5.91 Å². The molecule has 0 bridgehead atoms. The minimum Gasteiger partial charge on any atom is -0.395 e. The van der Waals surface area contributed by atoms with Crippen molar-refractivity contribution in [1.82, 2.24) is 14.7 Å². The van der Waals surface area contributed by atoms with Crippen molar-refractivity contribution in [2.75, 3.05) is 52.4 Å². The number of hydrogen-bond acceptors (Lipinski definition) is 4. The Morgan fingerprint density at radius 1 is 1.00 bits per heavy atom. The van der Waals surface area contributed by atoms with Crippen molar-refractivity contribution in [3.05, 3.63) is 35.9 Å². The summed E-state index contributed by atoms with van der Waals surface area (Å²) in [6, 6.07) is 9.30. The Bertz CT molecular complexity index is 583. The molecule has 136 valence electrons. The van der Waals surface area contributed by atoms with Gasteiger partial charge in [-0.3, -0.25) is 9.59 Å². The molecular formula is C19H27N3O3. The second-order valence-electron chi connectivity index (χ2n) is 6.85. The first-order valence-electron chi connectivity index (χ1n) is 9.15. The number of amides is 2. The van der Waals surface area contributed by atoms with E-state index in [9.17, 15) is 9.59 Å². The van der Waals surface area contributed by atoms with Gasteiger partial charge < -0.3 is 19.8 Å². The van der Waals surface area contributed by atoms with Gasteiger partial charge >= 0.3 is 0 Å². The number of likely N-dealkylation sites (tertiary alicyclic amines) is 1. The van der Waals surface area contributed by atoms with E-state index >= 15 is 0 Å². The number of hydrogen-bond donors (Lipinski definition) is 1. The number of nitrogens with zero attached hydrogens (tertiary/aromatic N) is 3. The van der Waals surface area contributed by atoms with E-state index in [1.54, 1.807) is 0 Å². The maximum atomic E-state index is 12.8. The molecule has 2 fully saturated rings. The molecule has 1 N–H and O–H groups in total. The number of piperidine rings is 1.